The van der Waals surface area contributed by atoms with E-state index < -0.39 is 0 Å². The van der Waals surface area contributed by atoms with Gasteiger partial charge in [0.1, 0.15) is 0 Å². The second kappa shape index (κ2) is 11.9. The number of allylic oxidation sites excluding steroid dienone is 4. The number of hydrogen-bond acceptors (Lipinski definition) is 5. The predicted octanol–water partition coefficient (Wildman–Crippen LogP) is 5.81. The highest BCUT2D eigenvalue weighted by Crippen LogP contribution is 2.18. The second-order valence-electron chi connectivity index (χ2n) is 7.09. The fourth-order valence-corrected chi connectivity index (χ4v) is 2.74. The quantitative estimate of drug-likeness (QED) is 0.341. The third-order valence-electron chi connectivity index (χ3n) is 4.59. The minimum atomic E-state index is -0.212. The highest BCUT2D eigenvalue weighted by atomic mass is 19.1. The van der Waals surface area contributed by atoms with Crippen molar-refractivity contribution < 1.29 is 4.39 Å². The Morgan fingerprint density at radius 2 is 1.97 bits per heavy atom. The number of benzene rings is 1. The lowest BCUT2D eigenvalue weighted by Gasteiger charge is -2.18. The van der Waals surface area contributed by atoms with Crippen molar-refractivity contribution in [1.82, 2.24) is 15.3 Å². The zero-order valence-corrected chi connectivity index (χ0v) is 18.5. The Labute approximate surface area is 179 Å². The van der Waals surface area contributed by atoms with Crippen LogP contribution >= 0.6 is 0 Å². The molecule has 1 unspecified atom stereocenters. The van der Waals surface area contributed by atoms with Crippen molar-refractivity contribution in [2.24, 2.45) is 0 Å². The van der Waals surface area contributed by atoms with E-state index >= 15 is 0 Å². The Hall–Kier alpha value is -2.99. The van der Waals surface area contributed by atoms with Gasteiger partial charge in [0.25, 0.3) is 0 Å². The molecule has 0 aliphatic heterocycles. The summed E-state index contributed by atoms with van der Waals surface area (Å²) in [6.45, 7) is 10.2. The van der Waals surface area contributed by atoms with E-state index in [4.69, 9.17) is 0 Å². The number of aromatic nitrogens is 2. The monoisotopic (exact) mass is 409 g/mol. The molecular formula is C24H32FN5. The molecule has 1 aromatic carbocycles. The van der Waals surface area contributed by atoms with Crippen LogP contribution in [0, 0.1) is 6.92 Å². The zero-order chi connectivity index (χ0) is 21.9. The number of nitrogens with one attached hydrogen (secondary N) is 3. The fraction of sp³-hybridized carbons (Fsp3) is 0.333. The third-order valence-corrected chi connectivity index (χ3v) is 4.59. The normalized spacial score (nSPS) is 13.5. The summed E-state index contributed by atoms with van der Waals surface area (Å²) in [6, 6.07) is 8.27. The van der Waals surface area contributed by atoms with Crippen molar-refractivity contribution in [2.45, 2.75) is 47.2 Å². The molecule has 2 aromatic rings. The predicted molar refractivity (Wildman–Crippen MR) is 125 cm³/mol. The summed E-state index contributed by atoms with van der Waals surface area (Å²) in [6.07, 6.45) is 9.86. The highest BCUT2D eigenvalue weighted by Gasteiger charge is 2.07. The van der Waals surface area contributed by atoms with Gasteiger partial charge in [0.05, 0.1) is 29.6 Å². The topological polar surface area (TPSA) is 61.9 Å². The Balaban J connectivity index is 1.91. The number of nitrogens with zero attached hydrogens (tertiary/aromatic N) is 2. The van der Waals surface area contributed by atoms with Crippen molar-refractivity contribution in [1.29, 1.82) is 0 Å². The molecular weight excluding hydrogens is 377 g/mol. The zero-order valence-electron chi connectivity index (χ0n) is 18.5. The van der Waals surface area contributed by atoms with E-state index in [-0.39, 0.29) is 12.0 Å². The molecule has 2 rings (SSSR count). The van der Waals surface area contributed by atoms with Crippen LogP contribution in [0.15, 0.2) is 66.2 Å². The fourth-order valence-electron chi connectivity index (χ4n) is 2.74. The van der Waals surface area contributed by atoms with Gasteiger partial charge in [0, 0.05) is 12.2 Å². The van der Waals surface area contributed by atoms with E-state index in [0.717, 1.165) is 29.1 Å². The lowest BCUT2D eigenvalue weighted by molar-refractivity contribution is 0.635. The van der Waals surface area contributed by atoms with Crippen LogP contribution in [-0.4, -0.2) is 22.7 Å². The Bertz CT molecular complexity index is 896. The van der Waals surface area contributed by atoms with Crippen LogP contribution in [0.2, 0.25) is 0 Å². The SMILES string of the molecule is C\C=C(/C=C\C=C(/C)F)CNC(C)Nc1cnc(Nc2ccc(CC)cc2)nc1C. The van der Waals surface area contributed by atoms with Crippen LogP contribution in [0.4, 0.5) is 21.7 Å². The van der Waals surface area contributed by atoms with Gasteiger partial charge in [-0.15, -0.1) is 0 Å². The van der Waals surface area contributed by atoms with Gasteiger partial charge in [0.2, 0.25) is 5.95 Å². The number of rotatable bonds is 10. The average Bonchev–Trinajstić information content (AvgIpc) is 2.73. The van der Waals surface area contributed by atoms with Crippen LogP contribution in [0.3, 0.4) is 0 Å². The minimum Gasteiger partial charge on any atom is -0.367 e. The number of halogens is 1. The van der Waals surface area contributed by atoms with Crippen molar-refractivity contribution in [2.75, 3.05) is 17.2 Å². The molecule has 30 heavy (non-hydrogen) atoms. The van der Waals surface area contributed by atoms with E-state index in [1.54, 1.807) is 12.3 Å². The standard InChI is InChI=1S/C24H32FN5/c1-6-20-11-13-22(14-12-20)30-24-27-16-23(18(4)28-24)29-19(5)26-15-21(7-2)10-8-9-17(3)25/h7-14,16,19,26,29H,6,15H2,1-5H3,(H,27,28,30)/b10-8-,17-9+,21-7+. The summed E-state index contributed by atoms with van der Waals surface area (Å²) in [5.41, 5.74) is 5.07. The molecule has 1 heterocycles. The molecule has 0 saturated carbocycles. The molecule has 1 atom stereocenters. The molecule has 0 saturated heterocycles. The molecule has 3 N–H and O–H groups in total. The molecule has 1 aromatic heterocycles. The van der Waals surface area contributed by atoms with E-state index in [2.05, 4.69) is 45.0 Å². The maximum atomic E-state index is 12.8. The van der Waals surface area contributed by atoms with Gasteiger partial charge in [-0.3, -0.25) is 5.32 Å². The molecule has 160 valence electrons. The lowest BCUT2D eigenvalue weighted by atomic mass is 10.1. The van der Waals surface area contributed by atoms with Gasteiger partial charge in [-0.1, -0.05) is 37.3 Å². The molecule has 0 amide bonds. The van der Waals surface area contributed by atoms with Crippen molar-refractivity contribution in [3.63, 3.8) is 0 Å². The number of anilines is 3. The number of hydrogen-bond donors (Lipinski definition) is 3. The third kappa shape index (κ3) is 7.79. The molecule has 0 aliphatic rings. The summed E-state index contributed by atoms with van der Waals surface area (Å²) in [4.78, 5) is 8.98. The summed E-state index contributed by atoms with van der Waals surface area (Å²) >= 11 is 0. The molecule has 0 bridgehead atoms. The van der Waals surface area contributed by atoms with Crippen LogP contribution in [0.25, 0.3) is 0 Å². The van der Waals surface area contributed by atoms with Gasteiger partial charge in [-0.25, -0.2) is 14.4 Å². The highest BCUT2D eigenvalue weighted by molar-refractivity contribution is 5.56. The Morgan fingerprint density at radius 1 is 1.23 bits per heavy atom. The maximum absolute atomic E-state index is 12.8. The molecule has 0 fully saturated rings. The molecule has 0 aliphatic carbocycles. The summed E-state index contributed by atoms with van der Waals surface area (Å²) in [5.74, 6) is 0.358. The molecule has 0 radical (unpaired) electrons. The van der Waals surface area contributed by atoms with Crippen LogP contribution in [0.5, 0.6) is 0 Å². The van der Waals surface area contributed by atoms with Crippen LogP contribution < -0.4 is 16.0 Å². The van der Waals surface area contributed by atoms with Crippen LogP contribution in [-0.2, 0) is 6.42 Å². The van der Waals surface area contributed by atoms with Gasteiger partial charge in [-0.2, -0.15) is 0 Å². The Kier molecular flexibility index (Phi) is 9.22. The van der Waals surface area contributed by atoms with Crippen molar-refractivity contribution >= 4 is 17.3 Å². The average molecular weight is 410 g/mol. The van der Waals surface area contributed by atoms with Gasteiger partial charge in [0.15, 0.2) is 0 Å². The first-order valence-corrected chi connectivity index (χ1v) is 10.3. The van der Waals surface area contributed by atoms with Crippen molar-refractivity contribution in [3.8, 4) is 0 Å². The van der Waals surface area contributed by atoms with E-state index in [1.807, 2.05) is 45.1 Å². The summed E-state index contributed by atoms with van der Waals surface area (Å²) in [5, 5.41) is 10.0. The first-order chi connectivity index (χ1) is 14.4. The first kappa shape index (κ1) is 23.3. The maximum Gasteiger partial charge on any atom is 0.227 e. The Morgan fingerprint density at radius 3 is 2.57 bits per heavy atom. The molecule has 6 heteroatoms. The molecule has 5 nitrogen and oxygen atoms in total. The summed E-state index contributed by atoms with van der Waals surface area (Å²) in [7, 11) is 0. The van der Waals surface area contributed by atoms with E-state index in [1.165, 1.54) is 18.6 Å². The molecule has 0 spiro atoms. The van der Waals surface area contributed by atoms with Crippen molar-refractivity contribution in [3.05, 3.63) is 77.4 Å². The second-order valence-corrected chi connectivity index (χ2v) is 7.09. The first-order valence-electron chi connectivity index (χ1n) is 10.3. The van der Waals surface area contributed by atoms with E-state index in [9.17, 15) is 4.39 Å². The minimum absolute atomic E-state index is 0.00880. The van der Waals surface area contributed by atoms with Crippen LogP contribution in [0.1, 0.15) is 39.0 Å². The number of aryl methyl sites for hydroxylation is 2. The van der Waals surface area contributed by atoms with Gasteiger partial charge >= 0.3 is 0 Å². The van der Waals surface area contributed by atoms with Gasteiger partial charge < -0.3 is 10.6 Å². The van der Waals surface area contributed by atoms with E-state index in [0.29, 0.717) is 12.5 Å². The van der Waals surface area contributed by atoms with Gasteiger partial charge in [-0.05, 0) is 63.5 Å². The lowest BCUT2D eigenvalue weighted by Crippen LogP contribution is -2.34. The summed E-state index contributed by atoms with van der Waals surface area (Å²) < 4.78 is 12.8. The smallest absolute Gasteiger partial charge is 0.227 e. The largest absolute Gasteiger partial charge is 0.367 e.